The number of aromatic nitrogens is 3. The molecule has 1 atom stereocenters. The number of hydrogen-bond donors (Lipinski definition) is 0. The molecule has 0 saturated carbocycles. The predicted molar refractivity (Wildman–Crippen MR) is 61.9 cm³/mol. The fourth-order valence-corrected chi connectivity index (χ4v) is 1.61. The number of aryl methyl sites for hydroxylation is 2. The minimum atomic E-state index is 0.483. The van der Waals surface area contributed by atoms with Crippen molar-refractivity contribution in [1.82, 2.24) is 15.2 Å². The minimum Gasteiger partial charge on any atom is -0.234 e. The summed E-state index contributed by atoms with van der Waals surface area (Å²) in [7, 11) is 0. The van der Waals surface area contributed by atoms with Gasteiger partial charge in [-0.3, -0.25) is 0 Å². The van der Waals surface area contributed by atoms with Gasteiger partial charge in [-0.05, 0) is 26.7 Å². The maximum atomic E-state index is 4.52. The number of rotatable bonds is 5. The summed E-state index contributed by atoms with van der Waals surface area (Å²) in [6.45, 7) is 8.36. The van der Waals surface area contributed by atoms with Crippen LogP contribution in [0.15, 0.2) is 0 Å². The fourth-order valence-electron chi connectivity index (χ4n) is 1.61. The summed E-state index contributed by atoms with van der Waals surface area (Å²) in [5.41, 5.74) is 1.94. The Kier molecular flexibility index (Phi) is 4.66. The summed E-state index contributed by atoms with van der Waals surface area (Å²) in [6.07, 6.45) is 4.75. The average Bonchev–Trinajstić information content (AvgIpc) is 2.24. The minimum absolute atomic E-state index is 0.483. The molecule has 1 rings (SSSR count). The summed E-state index contributed by atoms with van der Waals surface area (Å²) < 4.78 is 0. The third-order valence-corrected chi connectivity index (χ3v) is 2.87. The Morgan fingerprint density at radius 2 is 1.80 bits per heavy atom. The van der Waals surface area contributed by atoms with Crippen molar-refractivity contribution in [2.45, 2.75) is 59.3 Å². The van der Waals surface area contributed by atoms with E-state index in [9.17, 15) is 0 Å². The lowest BCUT2D eigenvalue weighted by atomic mass is 9.98. The molecule has 1 aromatic rings. The zero-order chi connectivity index (χ0) is 11.3. The van der Waals surface area contributed by atoms with Crippen molar-refractivity contribution >= 4 is 0 Å². The van der Waals surface area contributed by atoms with Crippen molar-refractivity contribution in [3.05, 3.63) is 17.2 Å². The van der Waals surface area contributed by atoms with E-state index in [1.807, 2.05) is 13.8 Å². The smallest absolute Gasteiger partial charge is 0.154 e. The molecule has 0 aliphatic heterocycles. The highest BCUT2D eigenvalue weighted by Gasteiger charge is 2.13. The summed E-state index contributed by atoms with van der Waals surface area (Å²) in [5.74, 6) is 1.41. The Hall–Kier alpha value is -0.990. The highest BCUT2D eigenvalue weighted by molar-refractivity contribution is 5.07. The maximum absolute atomic E-state index is 4.52. The molecule has 0 aromatic carbocycles. The molecule has 15 heavy (non-hydrogen) atoms. The standard InChI is InChI=1S/C12H21N3/c1-5-7-8-11(6-2)12-13-9(3)10(4)14-15-12/h11H,5-8H2,1-4H3. The van der Waals surface area contributed by atoms with Crippen LogP contribution in [0.2, 0.25) is 0 Å². The van der Waals surface area contributed by atoms with Crippen molar-refractivity contribution in [2.24, 2.45) is 0 Å². The van der Waals surface area contributed by atoms with Crippen molar-refractivity contribution in [1.29, 1.82) is 0 Å². The number of nitrogens with zero attached hydrogens (tertiary/aromatic N) is 3. The van der Waals surface area contributed by atoms with Crippen LogP contribution in [-0.2, 0) is 0 Å². The van der Waals surface area contributed by atoms with Crippen LogP contribution in [0.3, 0.4) is 0 Å². The number of hydrogen-bond acceptors (Lipinski definition) is 3. The summed E-state index contributed by atoms with van der Waals surface area (Å²) >= 11 is 0. The first-order valence-corrected chi connectivity index (χ1v) is 5.86. The molecule has 84 valence electrons. The van der Waals surface area contributed by atoms with Gasteiger partial charge >= 0.3 is 0 Å². The van der Waals surface area contributed by atoms with Crippen LogP contribution in [0.25, 0.3) is 0 Å². The van der Waals surface area contributed by atoms with E-state index >= 15 is 0 Å². The van der Waals surface area contributed by atoms with Crippen LogP contribution in [0.5, 0.6) is 0 Å². The number of unbranched alkanes of at least 4 members (excludes halogenated alkanes) is 1. The quantitative estimate of drug-likeness (QED) is 0.744. The van der Waals surface area contributed by atoms with Gasteiger partial charge in [0.25, 0.3) is 0 Å². The molecule has 0 aliphatic carbocycles. The van der Waals surface area contributed by atoms with Gasteiger partial charge in [0.15, 0.2) is 5.82 Å². The first kappa shape index (κ1) is 12.1. The Morgan fingerprint density at radius 3 is 2.33 bits per heavy atom. The van der Waals surface area contributed by atoms with Crippen LogP contribution in [0.1, 0.15) is 62.7 Å². The van der Waals surface area contributed by atoms with Crippen LogP contribution < -0.4 is 0 Å². The van der Waals surface area contributed by atoms with Crippen LogP contribution in [-0.4, -0.2) is 15.2 Å². The van der Waals surface area contributed by atoms with E-state index in [-0.39, 0.29) is 0 Å². The summed E-state index contributed by atoms with van der Waals surface area (Å²) in [5, 5.41) is 8.35. The molecule has 0 amide bonds. The van der Waals surface area contributed by atoms with E-state index in [1.54, 1.807) is 0 Å². The van der Waals surface area contributed by atoms with E-state index in [2.05, 4.69) is 29.0 Å². The van der Waals surface area contributed by atoms with Gasteiger partial charge in [-0.15, -0.1) is 5.10 Å². The second-order valence-corrected chi connectivity index (χ2v) is 4.09. The molecule has 3 nitrogen and oxygen atoms in total. The molecule has 1 unspecified atom stereocenters. The van der Waals surface area contributed by atoms with Gasteiger partial charge in [0.2, 0.25) is 0 Å². The van der Waals surface area contributed by atoms with E-state index in [1.165, 1.54) is 19.3 Å². The second-order valence-electron chi connectivity index (χ2n) is 4.09. The third kappa shape index (κ3) is 3.26. The zero-order valence-corrected chi connectivity index (χ0v) is 10.2. The molecule has 3 heteroatoms. The average molecular weight is 207 g/mol. The second kappa shape index (κ2) is 5.79. The molecule has 0 spiro atoms. The lowest BCUT2D eigenvalue weighted by Crippen LogP contribution is -2.08. The van der Waals surface area contributed by atoms with Crippen molar-refractivity contribution in [2.75, 3.05) is 0 Å². The molecule has 0 aliphatic rings. The van der Waals surface area contributed by atoms with E-state index in [0.29, 0.717) is 5.92 Å². The predicted octanol–water partition coefficient (Wildman–Crippen LogP) is 3.17. The molecule has 0 saturated heterocycles. The summed E-state index contributed by atoms with van der Waals surface area (Å²) in [4.78, 5) is 4.52. The largest absolute Gasteiger partial charge is 0.234 e. The first-order valence-electron chi connectivity index (χ1n) is 5.86. The van der Waals surface area contributed by atoms with E-state index in [4.69, 9.17) is 0 Å². The highest BCUT2D eigenvalue weighted by atomic mass is 15.2. The zero-order valence-electron chi connectivity index (χ0n) is 10.2. The monoisotopic (exact) mass is 207 g/mol. The van der Waals surface area contributed by atoms with Gasteiger partial charge in [0.1, 0.15) is 0 Å². The van der Waals surface area contributed by atoms with Crippen LogP contribution in [0, 0.1) is 13.8 Å². The Balaban J connectivity index is 2.78. The molecule has 1 aromatic heterocycles. The Morgan fingerprint density at radius 1 is 1.07 bits per heavy atom. The van der Waals surface area contributed by atoms with Crippen molar-refractivity contribution in [3.63, 3.8) is 0 Å². The Bertz CT molecular complexity index is 310. The fraction of sp³-hybridized carbons (Fsp3) is 0.750. The maximum Gasteiger partial charge on any atom is 0.154 e. The van der Waals surface area contributed by atoms with Gasteiger partial charge in [0.05, 0.1) is 11.4 Å². The lowest BCUT2D eigenvalue weighted by Gasteiger charge is -2.12. The van der Waals surface area contributed by atoms with Gasteiger partial charge in [-0.25, -0.2) is 4.98 Å². The van der Waals surface area contributed by atoms with Gasteiger partial charge < -0.3 is 0 Å². The van der Waals surface area contributed by atoms with E-state index < -0.39 is 0 Å². The van der Waals surface area contributed by atoms with Crippen molar-refractivity contribution in [3.8, 4) is 0 Å². The normalized spacial score (nSPS) is 12.8. The molecular formula is C12H21N3. The molecule has 0 N–H and O–H groups in total. The molecule has 0 fully saturated rings. The highest BCUT2D eigenvalue weighted by Crippen LogP contribution is 2.22. The lowest BCUT2D eigenvalue weighted by molar-refractivity contribution is 0.532. The van der Waals surface area contributed by atoms with Gasteiger partial charge in [-0.1, -0.05) is 26.7 Å². The topological polar surface area (TPSA) is 38.7 Å². The molecule has 0 radical (unpaired) electrons. The van der Waals surface area contributed by atoms with Gasteiger partial charge in [-0.2, -0.15) is 5.10 Å². The molecule has 1 heterocycles. The van der Waals surface area contributed by atoms with Gasteiger partial charge in [0, 0.05) is 5.92 Å². The molecule has 0 bridgehead atoms. The molecular weight excluding hydrogens is 186 g/mol. The third-order valence-electron chi connectivity index (χ3n) is 2.87. The SMILES string of the molecule is CCCCC(CC)c1nnc(C)c(C)n1. The van der Waals surface area contributed by atoms with E-state index in [0.717, 1.165) is 23.6 Å². The first-order chi connectivity index (χ1) is 7.19. The van der Waals surface area contributed by atoms with Crippen LogP contribution in [0.4, 0.5) is 0 Å². The van der Waals surface area contributed by atoms with Crippen molar-refractivity contribution < 1.29 is 0 Å². The Labute approximate surface area is 92.3 Å². The summed E-state index contributed by atoms with van der Waals surface area (Å²) in [6, 6.07) is 0. The van der Waals surface area contributed by atoms with Crippen LogP contribution >= 0.6 is 0 Å².